The molecule has 2 atom stereocenters. The van der Waals surface area contributed by atoms with E-state index in [2.05, 4.69) is 32.5 Å². The first kappa shape index (κ1) is 10.4. The fraction of sp³-hybridized carbons (Fsp3) is 0.636. The largest absolute Gasteiger partial charge is 0.513 e. The number of hydrogen-bond donors (Lipinski definition) is 1. The first-order valence-electron chi connectivity index (χ1n) is 5.14. The van der Waals surface area contributed by atoms with E-state index in [-0.39, 0.29) is 0 Å². The second kappa shape index (κ2) is 4.54. The zero-order chi connectivity index (χ0) is 9.84. The van der Waals surface area contributed by atoms with Crippen molar-refractivity contribution in [3.05, 3.63) is 24.4 Å². The maximum Gasteiger partial charge on any atom is 0.151 e. The first-order valence-corrected chi connectivity index (χ1v) is 5.14. The maximum atomic E-state index is 9.02. The van der Waals surface area contributed by atoms with Gasteiger partial charge in [0.25, 0.3) is 0 Å². The summed E-state index contributed by atoms with van der Waals surface area (Å²) >= 11 is 0. The molecule has 1 N–H and O–H groups in total. The Kier molecular flexibility index (Phi) is 3.64. The van der Waals surface area contributed by atoms with Gasteiger partial charge in [-0.1, -0.05) is 38.2 Å². The van der Waals surface area contributed by atoms with E-state index < -0.39 is 0 Å². The van der Waals surface area contributed by atoms with Gasteiger partial charge >= 0.3 is 0 Å². The van der Waals surface area contributed by atoms with Gasteiger partial charge in [0.2, 0.25) is 0 Å². The van der Waals surface area contributed by atoms with Crippen LogP contribution < -0.4 is 0 Å². The number of rotatable bonds is 4. The number of aliphatic hydroxyl groups is 1. The van der Waals surface area contributed by atoms with Gasteiger partial charge in [0.15, 0.2) is 7.28 Å². The quantitative estimate of drug-likeness (QED) is 0.518. The van der Waals surface area contributed by atoms with Crippen molar-refractivity contribution >= 4 is 7.28 Å². The Morgan fingerprint density at radius 3 is 2.85 bits per heavy atom. The van der Waals surface area contributed by atoms with E-state index in [4.69, 9.17) is 5.11 Å². The van der Waals surface area contributed by atoms with Gasteiger partial charge in [0, 0.05) is 6.42 Å². The summed E-state index contributed by atoms with van der Waals surface area (Å²) in [7, 11) is 1.21. The second-order valence-corrected chi connectivity index (χ2v) is 4.34. The molecule has 1 rings (SSSR count). The van der Waals surface area contributed by atoms with Crippen molar-refractivity contribution in [1.29, 1.82) is 0 Å². The van der Waals surface area contributed by atoms with Crippen molar-refractivity contribution < 1.29 is 5.11 Å². The molecule has 0 saturated heterocycles. The minimum Gasteiger partial charge on any atom is -0.513 e. The number of aliphatic hydroxyl groups excluding tert-OH is 1. The second-order valence-electron chi connectivity index (χ2n) is 4.34. The highest BCUT2D eigenvalue weighted by Gasteiger charge is 2.25. The van der Waals surface area contributed by atoms with Gasteiger partial charge < -0.3 is 5.11 Å². The summed E-state index contributed by atoms with van der Waals surface area (Å²) in [6.45, 7) is 8.07. The molecule has 1 aliphatic rings. The van der Waals surface area contributed by atoms with Gasteiger partial charge in [0.1, 0.15) is 0 Å². The Morgan fingerprint density at radius 2 is 2.31 bits per heavy atom. The molecular formula is C11H19BO. The number of allylic oxidation sites excluding steroid dienone is 2. The molecule has 0 spiro atoms. The molecule has 0 aliphatic carbocycles. The molecule has 0 fully saturated rings. The van der Waals surface area contributed by atoms with E-state index in [0.29, 0.717) is 11.7 Å². The highest BCUT2D eigenvalue weighted by molar-refractivity contribution is 6.45. The summed E-state index contributed by atoms with van der Waals surface area (Å²) in [5.41, 5.74) is 0. The Morgan fingerprint density at radius 1 is 1.62 bits per heavy atom. The van der Waals surface area contributed by atoms with Gasteiger partial charge in [-0.25, -0.2) is 0 Å². The summed E-state index contributed by atoms with van der Waals surface area (Å²) < 4.78 is 0. The van der Waals surface area contributed by atoms with Crippen LogP contribution in [0.2, 0.25) is 5.82 Å². The van der Waals surface area contributed by atoms with Gasteiger partial charge in [0.05, 0.1) is 5.76 Å². The molecule has 0 bridgehead atoms. The zero-order valence-corrected chi connectivity index (χ0v) is 8.66. The van der Waals surface area contributed by atoms with E-state index >= 15 is 0 Å². The Bertz CT molecular complexity index is 208. The SMILES string of the molecule is C=C(O)CCC1C=CBC1C(C)C. The molecule has 0 aromatic heterocycles. The maximum absolute atomic E-state index is 9.02. The Balaban J connectivity index is 2.39. The minimum absolute atomic E-state index is 0.322. The zero-order valence-electron chi connectivity index (χ0n) is 8.66. The molecule has 72 valence electrons. The predicted octanol–water partition coefficient (Wildman–Crippen LogP) is 2.86. The van der Waals surface area contributed by atoms with Crippen LogP contribution in [-0.2, 0) is 0 Å². The fourth-order valence-corrected chi connectivity index (χ4v) is 2.14. The van der Waals surface area contributed by atoms with E-state index in [1.54, 1.807) is 0 Å². The molecule has 0 aromatic carbocycles. The van der Waals surface area contributed by atoms with E-state index in [0.717, 1.165) is 24.6 Å². The normalized spacial score (nSPS) is 26.4. The van der Waals surface area contributed by atoms with Gasteiger partial charge in [-0.05, 0) is 12.3 Å². The van der Waals surface area contributed by atoms with E-state index in [1.807, 2.05) is 0 Å². The lowest BCUT2D eigenvalue weighted by atomic mass is 9.59. The molecule has 0 saturated carbocycles. The smallest absolute Gasteiger partial charge is 0.151 e. The lowest BCUT2D eigenvalue weighted by molar-refractivity contribution is 0.364. The average Bonchev–Trinajstić information content (AvgIpc) is 2.47. The van der Waals surface area contributed by atoms with Gasteiger partial charge in [-0.15, -0.1) is 5.98 Å². The van der Waals surface area contributed by atoms with Crippen LogP contribution in [0.25, 0.3) is 0 Å². The van der Waals surface area contributed by atoms with Crippen molar-refractivity contribution in [3.63, 3.8) is 0 Å². The van der Waals surface area contributed by atoms with E-state index in [1.165, 1.54) is 7.28 Å². The van der Waals surface area contributed by atoms with Crippen LogP contribution in [0, 0.1) is 11.8 Å². The van der Waals surface area contributed by atoms with Crippen molar-refractivity contribution in [2.24, 2.45) is 11.8 Å². The van der Waals surface area contributed by atoms with Crippen LogP contribution in [-0.4, -0.2) is 12.4 Å². The van der Waals surface area contributed by atoms with Crippen LogP contribution in [0.15, 0.2) is 24.4 Å². The van der Waals surface area contributed by atoms with Crippen molar-refractivity contribution in [1.82, 2.24) is 0 Å². The third kappa shape index (κ3) is 2.94. The fourth-order valence-electron chi connectivity index (χ4n) is 2.14. The van der Waals surface area contributed by atoms with Crippen molar-refractivity contribution in [2.75, 3.05) is 0 Å². The van der Waals surface area contributed by atoms with Crippen LogP contribution >= 0.6 is 0 Å². The number of hydrogen-bond acceptors (Lipinski definition) is 1. The standard InChI is InChI=1S/C11H19BO/c1-8(2)11-10(6-7-12-11)5-4-9(3)13/h6-8,10-13H,3-5H2,1-2H3. The summed E-state index contributed by atoms with van der Waals surface area (Å²) in [4.78, 5) is 0. The highest BCUT2D eigenvalue weighted by atomic mass is 16.3. The lowest BCUT2D eigenvalue weighted by Gasteiger charge is -2.22. The third-order valence-electron chi connectivity index (χ3n) is 2.96. The highest BCUT2D eigenvalue weighted by Crippen LogP contribution is 2.35. The molecule has 0 radical (unpaired) electrons. The summed E-state index contributed by atoms with van der Waals surface area (Å²) in [5, 5.41) is 9.02. The van der Waals surface area contributed by atoms with Crippen LogP contribution in [0.5, 0.6) is 0 Å². The Labute approximate surface area is 81.8 Å². The third-order valence-corrected chi connectivity index (χ3v) is 2.96. The molecule has 2 unspecified atom stereocenters. The molecule has 0 aromatic rings. The van der Waals surface area contributed by atoms with Crippen LogP contribution in [0.1, 0.15) is 26.7 Å². The lowest BCUT2D eigenvalue weighted by Crippen LogP contribution is -2.13. The minimum atomic E-state index is 0.322. The first-order chi connectivity index (χ1) is 6.11. The van der Waals surface area contributed by atoms with Crippen molar-refractivity contribution in [3.8, 4) is 0 Å². The summed E-state index contributed by atoms with van der Waals surface area (Å²) in [5.74, 6) is 4.77. The van der Waals surface area contributed by atoms with E-state index in [9.17, 15) is 0 Å². The molecule has 1 aliphatic heterocycles. The monoisotopic (exact) mass is 178 g/mol. The van der Waals surface area contributed by atoms with Crippen LogP contribution in [0.3, 0.4) is 0 Å². The molecule has 1 heterocycles. The average molecular weight is 178 g/mol. The topological polar surface area (TPSA) is 20.2 Å². The summed E-state index contributed by atoms with van der Waals surface area (Å²) in [6.07, 6.45) is 4.10. The summed E-state index contributed by atoms with van der Waals surface area (Å²) in [6, 6.07) is 0. The molecule has 1 nitrogen and oxygen atoms in total. The molecule has 2 heteroatoms. The van der Waals surface area contributed by atoms with Gasteiger partial charge in [-0.3, -0.25) is 0 Å². The van der Waals surface area contributed by atoms with Gasteiger partial charge in [-0.2, -0.15) is 0 Å². The molecular weight excluding hydrogens is 159 g/mol. The molecule has 0 amide bonds. The van der Waals surface area contributed by atoms with Crippen molar-refractivity contribution in [2.45, 2.75) is 32.5 Å². The van der Waals surface area contributed by atoms with Crippen LogP contribution in [0.4, 0.5) is 0 Å². The molecule has 13 heavy (non-hydrogen) atoms. The Hall–Kier alpha value is -0.655. The predicted molar refractivity (Wildman–Crippen MR) is 59.4 cm³/mol.